The van der Waals surface area contributed by atoms with Crippen LogP contribution in [-0.4, -0.2) is 15.7 Å². The fourth-order valence-corrected chi connectivity index (χ4v) is 2.59. The number of fused-ring (bicyclic) bond motifs is 1. The molecule has 0 radical (unpaired) electrons. The third-order valence-corrected chi connectivity index (χ3v) is 3.60. The summed E-state index contributed by atoms with van der Waals surface area (Å²) in [5, 5.41) is 12.2. The number of nitro benzene ring substituents is 1. The number of H-pyrrole nitrogens is 1. The van der Waals surface area contributed by atoms with E-state index in [2.05, 4.69) is 4.98 Å². The van der Waals surface area contributed by atoms with Gasteiger partial charge >= 0.3 is 0 Å². The molecule has 1 heterocycles. The summed E-state index contributed by atoms with van der Waals surface area (Å²) in [6, 6.07) is 14.2. The maximum absolute atomic E-state index is 11.3. The molecule has 2 aromatic carbocycles. The van der Waals surface area contributed by atoms with Crippen molar-refractivity contribution in [2.75, 3.05) is 0 Å². The fraction of sp³-hybridized carbons (Fsp3) is 0.0556. The van der Waals surface area contributed by atoms with E-state index < -0.39 is 4.92 Å². The molecule has 0 aliphatic carbocycles. The van der Waals surface area contributed by atoms with E-state index >= 15 is 0 Å². The monoisotopic (exact) mass is 306 g/mol. The van der Waals surface area contributed by atoms with Crippen molar-refractivity contribution in [2.45, 2.75) is 6.92 Å². The summed E-state index contributed by atoms with van der Waals surface area (Å²) in [5.41, 5.74) is 2.79. The lowest BCUT2D eigenvalue weighted by molar-refractivity contribution is -0.384. The van der Waals surface area contributed by atoms with Crippen LogP contribution in [0.1, 0.15) is 12.5 Å². The van der Waals surface area contributed by atoms with Crippen molar-refractivity contribution in [3.63, 3.8) is 0 Å². The predicted molar refractivity (Wildman–Crippen MR) is 90.1 cm³/mol. The average Bonchev–Trinajstić information content (AvgIpc) is 2.91. The molecule has 0 spiro atoms. The number of hydrogen-bond acceptors (Lipinski definition) is 3. The van der Waals surface area contributed by atoms with Crippen LogP contribution in [0.25, 0.3) is 28.2 Å². The molecule has 0 saturated heterocycles. The molecule has 114 valence electrons. The van der Waals surface area contributed by atoms with Gasteiger partial charge in [-0.05, 0) is 31.2 Å². The van der Waals surface area contributed by atoms with Gasteiger partial charge in [-0.2, -0.15) is 0 Å². The number of allylic oxidation sites excluding steroid dienone is 1. The van der Waals surface area contributed by atoms with Gasteiger partial charge in [0.15, 0.2) is 5.78 Å². The van der Waals surface area contributed by atoms with Crippen LogP contribution < -0.4 is 0 Å². The Morgan fingerprint density at radius 3 is 2.57 bits per heavy atom. The number of nitrogens with zero attached hydrogens (tertiary/aromatic N) is 1. The highest BCUT2D eigenvalue weighted by atomic mass is 16.6. The van der Waals surface area contributed by atoms with Gasteiger partial charge in [-0.25, -0.2) is 0 Å². The van der Waals surface area contributed by atoms with Crippen molar-refractivity contribution in [3.05, 3.63) is 70.3 Å². The zero-order valence-electron chi connectivity index (χ0n) is 12.4. The first-order chi connectivity index (χ1) is 11.1. The number of aromatic nitrogens is 1. The van der Waals surface area contributed by atoms with Crippen molar-refractivity contribution in [3.8, 4) is 11.3 Å². The number of carbonyl (C=O) groups is 1. The molecular formula is C18H14N2O3. The summed E-state index contributed by atoms with van der Waals surface area (Å²) >= 11 is 0. The van der Waals surface area contributed by atoms with Crippen LogP contribution in [0, 0.1) is 10.1 Å². The van der Waals surface area contributed by atoms with Crippen molar-refractivity contribution in [2.24, 2.45) is 0 Å². The van der Waals surface area contributed by atoms with Gasteiger partial charge in [0.1, 0.15) is 0 Å². The minimum Gasteiger partial charge on any atom is -0.354 e. The number of carbonyl (C=O) groups excluding carboxylic acids is 1. The predicted octanol–water partition coefficient (Wildman–Crippen LogP) is 4.35. The minimum absolute atomic E-state index is 0.0246. The Labute approximate surface area is 132 Å². The first kappa shape index (κ1) is 14.7. The summed E-state index contributed by atoms with van der Waals surface area (Å²) < 4.78 is 0. The highest BCUT2D eigenvalue weighted by molar-refractivity contribution is 6.01. The third kappa shape index (κ3) is 2.76. The van der Waals surface area contributed by atoms with Gasteiger partial charge in [0.25, 0.3) is 5.69 Å². The first-order valence-corrected chi connectivity index (χ1v) is 7.11. The molecule has 0 fully saturated rings. The number of benzene rings is 2. The fourth-order valence-electron chi connectivity index (χ4n) is 2.59. The lowest BCUT2D eigenvalue weighted by atomic mass is 10.0. The zero-order valence-corrected chi connectivity index (χ0v) is 12.4. The minimum atomic E-state index is -0.403. The van der Waals surface area contributed by atoms with Gasteiger partial charge in [0, 0.05) is 22.5 Å². The van der Waals surface area contributed by atoms with Crippen molar-refractivity contribution >= 4 is 28.4 Å². The number of hydrogen-bond donors (Lipinski definition) is 1. The Hall–Kier alpha value is -3.21. The molecule has 5 nitrogen and oxygen atoms in total. The standard InChI is InChI=1S/C18H14N2O3/c1-12(21)10-11-14-13-6-2-4-8-16(13)19-18(14)15-7-3-5-9-17(15)20(22)23/h2-11,19H,1H3. The molecule has 0 unspecified atom stereocenters. The van der Waals surface area contributed by atoms with Gasteiger partial charge in [-0.15, -0.1) is 0 Å². The molecule has 0 aliphatic rings. The van der Waals surface area contributed by atoms with Crippen LogP contribution in [0.5, 0.6) is 0 Å². The normalized spacial score (nSPS) is 11.2. The molecule has 1 aromatic heterocycles. The number of para-hydroxylation sites is 2. The highest BCUT2D eigenvalue weighted by Gasteiger charge is 2.19. The summed E-state index contributed by atoms with van der Waals surface area (Å²) in [7, 11) is 0. The van der Waals surface area contributed by atoms with Crippen LogP contribution in [0.2, 0.25) is 0 Å². The summed E-state index contributed by atoms with van der Waals surface area (Å²) in [4.78, 5) is 25.4. The Bertz CT molecular complexity index is 938. The summed E-state index contributed by atoms with van der Waals surface area (Å²) in [6.07, 6.45) is 3.17. The molecule has 0 aliphatic heterocycles. The van der Waals surface area contributed by atoms with E-state index in [0.717, 1.165) is 16.5 Å². The van der Waals surface area contributed by atoms with Gasteiger partial charge < -0.3 is 4.98 Å². The maximum Gasteiger partial charge on any atom is 0.278 e. The molecular weight excluding hydrogens is 292 g/mol. The van der Waals surface area contributed by atoms with Crippen LogP contribution in [-0.2, 0) is 4.79 Å². The largest absolute Gasteiger partial charge is 0.354 e. The zero-order chi connectivity index (χ0) is 16.4. The molecule has 23 heavy (non-hydrogen) atoms. The number of rotatable bonds is 4. The molecule has 1 N–H and O–H groups in total. The Kier molecular flexibility index (Phi) is 3.76. The number of aromatic amines is 1. The van der Waals surface area contributed by atoms with Crippen molar-refractivity contribution in [1.82, 2.24) is 4.98 Å². The molecule has 0 amide bonds. The van der Waals surface area contributed by atoms with E-state index in [1.54, 1.807) is 24.3 Å². The van der Waals surface area contributed by atoms with Gasteiger partial charge in [-0.3, -0.25) is 14.9 Å². The lowest BCUT2D eigenvalue weighted by Gasteiger charge is -2.02. The average molecular weight is 306 g/mol. The first-order valence-electron chi connectivity index (χ1n) is 7.11. The van der Waals surface area contributed by atoms with Crippen molar-refractivity contribution < 1.29 is 9.72 Å². The number of nitrogens with one attached hydrogen (secondary N) is 1. The Morgan fingerprint density at radius 2 is 1.83 bits per heavy atom. The molecule has 3 aromatic rings. The Morgan fingerprint density at radius 1 is 1.13 bits per heavy atom. The molecule has 0 atom stereocenters. The third-order valence-electron chi connectivity index (χ3n) is 3.60. The van der Waals surface area contributed by atoms with Gasteiger partial charge in [0.2, 0.25) is 0 Å². The second-order valence-electron chi connectivity index (χ2n) is 5.18. The van der Waals surface area contributed by atoms with Crippen molar-refractivity contribution in [1.29, 1.82) is 0 Å². The number of nitro groups is 1. The van der Waals surface area contributed by atoms with Gasteiger partial charge in [-0.1, -0.05) is 30.3 Å². The molecule has 0 saturated carbocycles. The second kappa shape index (κ2) is 5.88. The molecule has 5 heteroatoms. The Balaban J connectivity index is 2.31. The van der Waals surface area contributed by atoms with E-state index in [9.17, 15) is 14.9 Å². The molecule has 3 rings (SSSR count). The van der Waals surface area contributed by atoms with E-state index in [4.69, 9.17) is 0 Å². The summed E-state index contributed by atoms with van der Waals surface area (Å²) in [6.45, 7) is 1.47. The van der Waals surface area contributed by atoms with E-state index in [0.29, 0.717) is 11.3 Å². The highest BCUT2D eigenvalue weighted by Crippen LogP contribution is 2.36. The van der Waals surface area contributed by atoms with E-state index in [1.165, 1.54) is 19.1 Å². The SMILES string of the molecule is CC(=O)C=Cc1c(-c2ccccc2[N+](=O)[O-])[nH]c2ccccc12. The lowest BCUT2D eigenvalue weighted by Crippen LogP contribution is -1.92. The molecule has 0 bridgehead atoms. The maximum atomic E-state index is 11.3. The van der Waals surface area contributed by atoms with Crippen LogP contribution in [0.4, 0.5) is 5.69 Å². The van der Waals surface area contributed by atoms with E-state index in [-0.39, 0.29) is 11.5 Å². The smallest absolute Gasteiger partial charge is 0.278 e. The van der Waals surface area contributed by atoms with Crippen LogP contribution in [0.15, 0.2) is 54.6 Å². The van der Waals surface area contributed by atoms with E-state index in [1.807, 2.05) is 24.3 Å². The van der Waals surface area contributed by atoms with Crippen LogP contribution >= 0.6 is 0 Å². The summed E-state index contributed by atoms with van der Waals surface area (Å²) in [5.74, 6) is -0.0798. The number of ketones is 1. The van der Waals surface area contributed by atoms with Crippen LogP contribution in [0.3, 0.4) is 0 Å². The second-order valence-corrected chi connectivity index (χ2v) is 5.18. The topological polar surface area (TPSA) is 76.0 Å². The van der Waals surface area contributed by atoms with Gasteiger partial charge in [0.05, 0.1) is 16.2 Å². The quantitative estimate of drug-likeness (QED) is 0.442.